The summed E-state index contributed by atoms with van der Waals surface area (Å²) < 4.78 is 0.678. The molecule has 1 heterocycles. The van der Waals surface area contributed by atoms with Crippen molar-refractivity contribution in [3.63, 3.8) is 0 Å². The predicted molar refractivity (Wildman–Crippen MR) is 85.0 cm³/mol. The lowest BCUT2D eigenvalue weighted by molar-refractivity contribution is 0.0891. The minimum Gasteiger partial charge on any atom is -0.334 e. The molecule has 1 saturated carbocycles. The summed E-state index contributed by atoms with van der Waals surface area (Å²) in [4.78, 5) is 16.3. The number of hydrogen-bond acceptors (Lipinski definition) is 3. The molecule has 1 aliphatic carbocycles. The van der Waals surface area contributed by atoms with Crippen molar-refractivity contribution in [2.45, 2.75) is 44.6 Å². The second-order valence-electron chi connectivity index (χ2n) is 5.49. The van der Waals surface area contributed by atoms with E-state index in [4.69, 9.17) is 11.6 Å². The van der Waals surface area contributed by atoms with Crippen LogP contribution >= 0.6 is 27.5 Å². The van der Waals surface area contributed by atoms with E-state index in [9.17, 15) is 10.1 Å². The van der Waals surface area contributed by atoms with E-state index in [-0.39, 0.29) is 11.1 Å². The number of pyridine rings is 1. The second-order valence-corrected chi connectivity index (χ2v) is 6.77. The molecule has 0 spiro atoms. The van der Waals surface area contributed by atoms with Crippen molar-refractivity contribution >= 4 is 33.4 Å². The van der Waals surface area contributed by atoms with Crippen molar-refractivity contribution in [2.75, 3.05) is 0 Å². The first-order valence-corrected chi connectivity index (χ1v) is 8.21. The van der Waals surface area contributed by atoms with Crippen molar-refractivity contribution in [1.29, 1.82) is 5.26 Å². The summed E-state index contributed by atoms with van der Waals surface area (Å²) in [5.41, 5.74) is -0.493. The molecule has 1 amide bonds. The molecule has 1 aliphatic rings. The third kappa shape index (κ3) is 3.75. The van der Waals surface area contributed by atoms with Crippen LogP contribution in [-0.2, 0) is 0 Å². The SMILES string of the molecule is CCC1CCC(C#N)(NC(=O)c2cc(Br)cnc2Cl)CC1. The number of amides is 1. The summed E-state index contributed by atoms with van der Waals surface area (Å²) in [5.74, 6) is 0.310. The van der Waals surface area contributed by atoms with Crippen LogP contribution in [0.3, 0.4) is 0 Å². The monoisotopic (exact) mass is 369 g/mol. The van der Waals surface area contributed by atoms with Crippen LogP contribution in [0.5, 0.6) is 0 Å². The van der Waals surface area contributed by atoms with Gasteiger partial charge in [-0.1, -0.05) is 24.9 Å². The molecule has 0 atom stereocenters. The number of rotatable bonds is 3. The Balaban J connectivity index is 2.14. The molecule has 2 rings (SSSR count). The topological polar surface area (TPSA) is 65.8 Å². The van der Waals surface area contributed by atoms with Crippen molar-refractivity contribution < 1.29 is 4.79 Å². The van der Waals surface area contributed by atoms with Gasteiger partial charge in [0.05, 0.1) is 11.6 Å². The minimum absolute atomic E-state index is 0.144. The van der Waals surface area contributed by atoms with Gasteiger partial charge < -0.3 is 5.32 Å². The molecule has 0 saturated heterocycles. The van der Waals surface area contributed by atoms with E-state index in [0.29, 0.717) is 28.8 Å². The van der Waals surface area contributed by atoms with Crippen molar-refractivity contribution in [1.82, 2.24) is 10.3 Å². The van der Waals surface area contributed by atoms with Gasteiger partial charge in [-0.25, -0.2) is 4.98 Å². The minimum atomic E-state index is -0.783. The Bertz CT molecular complexity index is 577. The Morgan fingerprint density at radius 2 is 2.29 bits per heavy atom. The molecule has 0 aromatic carbocycles. The highest BCUT2D eigenvalue weighted by Gasteiger charge is 2.37. The van der Waals surface area contributed by atoms with E-state index in [1.54, 1.807) is 6.07 Å². The lowest BCUT2D eigenvalue weighted by Gasteiger charge is -2.35. The fourth-order valence-electron chi connectivity index (χ4n) is 2.71. The van der Waals surface area contributed by atoms with E-state index >= 15 is 0 Å². The zero-order valence-electron chi connectivity index (χ0n) is 11.8. The molecule has 4 nitrogen and oxygen atoms in total. The summed E-state index contributed by atoms with van der Waals surface area (Å²) in [5, 5.41) is 12.5. The number of aromatic nitrogens is 1. The summed E-state index contributed by atoms with van der Waals surface area (Å²) in [6, 6.07) is 3.91. The molecule has 0 unspecified atom stereocenters. The summed E-state index contributed by atoms with van der Waals surface area (Å²) >= 11 is 9.24. The molecular formula is C15H17BrClN3O. The predicted octanol–water partition coefficient (Wildman–Crippen LogP) is 4.09. The summed E-state index contributed by atoms with van der Waals surface area (Å²) in [7, 11) is 0. The average molecular weight is 371 g/mol. The maximum atomic E-state index is 12.4. The fraction of sp³-hybridized carbons (Fsp3) is 0.533. The largest absolute Gasteiger partial charge is 0.334 e. The van der Waals surface area contributed by atoms with Crippen LogP contribution in [0.2, 0.25) is 5.15 Å². The standard InChI is InChI=1S/C15H17BrClN3O/c1-2-10-3-5-15(9-18,6-4-10)20-14(21)12-7-11(16)8-19-13(12)17/h7-8,10H,2-6H2,1H3,(H,20,21). The second kappa shape index (κ2) is 6.76. The number of nitriles is 1. The molecule has 1 fully saturated rings. The Morgan fingerprint density at radius 1 is 1.62 bits per heavy atom. The van der Waals surface area contributed by atoms with Crippen LogP contribution in [0.25, 0.3) is 0 Å². The van der Waals surface area contributed by atoms with Crippen LogP contribution in [0, 0.1) is 17.2 Å². The van der Waals surface area contributed by atoms with Crippen molar-refractivity contribution in [3.8, 4) is 6.07 Å². The van der Waals surface area contributed by atoms with Gasteiger partial charge in [-0.2, -0.15) is 5.26 Å². The van der Waals surface area contributed by atoms with Gasteiger partial charge in [0, 0.05) is 10.7 Å². The lowest BCUT2D eigenvalue weighted by atomic mass is 9.76. The number of nitrogens with one attached hydrogen (secondary N) is 1. The van der Waals surface area contributed by atoms with E-state index in [0.717, 1.165) is 19.3 Å². The quantitative estimate of drug-likeness (QED) is 0.815. The molecule has 21 heavy (non-hydrogen) atoms. The van der Waals surface area contributed by atoms with Crippen LogP contribution in [-0.4, -0.2) is 16.4 Å². The molecule has 1 aromatic heterocycles. The molecule has 112 valence electrons. The Labute approximate surface area is 138 Å². The maximum Gasteiger partial charge on any atom is 0.255 e. The fourth-order valence-corrected chi connectivity index (χ4v) is 3.23. The summed E-state index contributed by atoms with van der Waals surface area (Å²) in [6.07, 6.45) is 5.96. The first kappa shape index (κ1) is 16.3. The zero-order valence-corrected chi connectivity index (χ0v) is 14.2. The molecule has 0 radical (unpaired) electrons. The Hall–Kier alpha value is -1.12. The molecule has 0 aliphatic heterocycles. The van der Waals surface area contributed by atoms with Gasteiger partial charge in [0.2, 0.25) is 0 Å². The van der Waals surface area contributed by atoms with Crippen LogP contribution in [0.1, 0.15) is 49.4 Å². The molecule has 6 heteroatoms. The normalized spacial score (nSPS) is 25.1. The highest BCUT2D eigenvalue weighted by atomic mass is 79.9. The first-order chi connectivity index (χ1) is 9.99. The Kier molecular flexibility index (Phi) is 5.23. The van der Waals surface area contributed by atoms with Gasteiger partial charge in [0.1, 0.15) is 10.7 Å². The number of nitrogens with zero attached hydrogens (tertiary/aromatic N) is 2. The van der Waals surface area contributed by atoms with E-state index in [2.05, 4.69) is 39.2 Å². The smallest absolute Gasteiger partial charge is 0.255 e. The summed E-state index contributed by atoms with van der Waals surface area (Å²) in [6.45, 7) is 2.16. The molecule has 1 N–H and O–H groups in total. The van der Waals surface area contributed by atoms with Gasteiger partial charge in [0.25, 0.3) is 5.91 Å². The van der Waals surface area contributed by atoms with Gasteiger partial charge in [0.15, 0.2) is 0 Å². The van der Waals surface area contributed by atoms with E-state index < -0.39 is 5.54 Å². The third-order valence-corrected chi connectivity index (χ3v) is 4.89. The first-order valence-electron chi connectivity index (χ1n) is 7.04. The number of carbonyl (C=O) groups excluding carboxylic acids is 1. The van der Waals surface area contributed by atoms with Crippen molar-refractivity contribution in [3.05, 3.63) is 27.5 Å². The lowest BCUT2D eigenvalue weighted by Crippen LogP contribution is -2.49. The van der Waals surface area contributed by atoms with Crippen LogP contribution < -0.4 is 5.32 Å². The van der Waals surface area contributed by atoms with Gasteiger partial charge in [-0.15, -0.1) is 0 Å². The third-order valence-electron chi connectivity index (χ3n) is 4.15. The van der Waals surface area contributed by atoms with Gasteiger partial charge >= 0.3 is 0 Å². The van der Waals surface area contributed by atoms with Gasteiger partial charge in [-0.05, 0) is 53.6 Å². The molecular weight excluding hydrogens is 354 g/mol. The Morgan fingerprint density at radius 3 is 2.86 bits per heavy atom. The molecule has 1 aromatic rings. The van der Waals surface area contributed by atoms with E-state index in [1.807, 2.05) is 0 Å². The molecule has 0 bridgehead atoms. The maximum absolute atomic E-state index is 12.4. The van der Waals surface area contributed by atoms with Crippen molar-refractivity contribution in [2.24, 2.45) is 5.92 Å². The van der Waals surface area contributed by atoms with Gasteiger partial charge in [-0.3, -0.25) is 4.79 Å². The van der Waals surface area contributed by atoms with E-state index in [1.165, 1.54) is 6.20 Å². The number of halogens is 2. The zero-order chi connectivity index (χ0) is 15.5. The number of carbonyl (C=O) groups is 1. The van der Waals surface area contributed by atoms with Crippen LogP contribution in [0.4, 0.5) is 0 Å². The highest BCUT2D eigenvalue weighted by molar-refractivity contribution is 9.10. The average Bonchev–Trinajstić information content (AvgIpc) is 2.50. The van der Waals surface area contributed by atoms with Crippen LogP contribution in [0.15, 0.2) is 16.7 Å². The highest BCUT2D eigenvalue weighted by Crippen LogP contribution is 2.33. The number of hydrogen-bond donors (Lipinski definition) is 1.